The van der Waals surface area contributed by atoms with Crippen molar-refractivity contribution in [1.29, 1.82) is 0 Å². The molecule has 2 heterocycles. The van der Waals surface area contributed by atoms with Crippen LogP contribution >= 0.6 is 0 Å². The molecule has 0 aromatic heterocycles. The Morgan fingerprint density at radius 3 is 2.44 bits per heavy atom. The van der Waals surface area contributed by atoms with Gasteiger partial charge < -0.3 is 19.3 Å². The first-order valence-corrected chi connectivity index (χ1v) is 12.0. The van der Waals surface area contributed by atoms with Gasteiger partial charge in [0.05, 0.1) is 25.4 Å². The van der Waals surface area contributed by atoms with Crippen molar-refractivity contribution in [2.75, 3.05) is 13.2 Å². The minimum Gasteiger partial charge on any atom is -0.494 e. The van der Waals surface area contributed by atoms with Crippen LogP contribution in [0.3, 0.4) is 0 Å². The summed E-state index contributed by atoms with van der Waals surface area (Å²) in [6.45, 7) is 1.37. The average molecular weight is 439 g/mol. The van der Waals surface area contributed by atoms with Gasteiger partial charge in [-0.1, -0.05) is 43.2 Å². The molecular formula is C27H34O5. The Bertz CT molecular complexity index is 852. The second-order valence-corrected chi connectivity index (χ2v) is 9.00. The summed E-state index contributed by atoms with van der Waals surface area (Å²) in [5.74, 6) is 2.01. The fourth-order valence-corrected chi connectivity index (χ4v) is 5.05. The van der Waals surface area contributed by atoms with E-state index < -0.39 is 5.97 Å². The first-order chi connectivity index (χ1) is 15.7. The van der Waals surface area contributed by atoms with Crippen LogP contribution in [0.15, 0.2) is 54.6 Å². The first-order valence-electron chi connectivity index (χ1n) is 12.0. The number of fused-ring (bicyclic) bond motifs is 2. The van der Waals surface area contributed by atoms with Gasteiger partial charge in [-0.2, -0.15) is 0 Å². The van der Waals surface area contributed by atoms with E-state index in [1.807, 2.05) is 36.4 Å². The fraction of sp³-hybridized carbons (Fsp3) is 0.519. The number of benzene rings is 2. The van der Waals surface area contributed by atoms with Gasteiger partial charge in [-0.15, -0.1) is 0 Å². The van der Waals surface area contributed by atoms with Crippen molar-refractivity contribution in [1.82, 2.24) is 0 Å². The Kier molecular flexibility index (Phi) is 8.05. The second-order valence-electron chi connectivity index (χ2n) is 9.00. The Morgan fingerprint density at radius 1 is 0.875 bits per heavy atom. The Morgan fingerprint density at radius 2 is 1.62 bits per heavy atom. The maximum atomic E-state index is 10.6. The Labute approximate surface area is 190 Å². The predicted molar refractivity (Wildman–Crippen MR) is 123 cm³/mol. The molecule has 0 amide bonds. The molecule has 5 heteroatoms. The molecule has 0 spiro atoms. The molecule has 2 aliphatic heterocycles. The molecule has 2 bridgehead atoms. The third-order valence-electron chi connectivity index (χ3n) is 6.70. The number of carboxylic acids is 1. The molecule has 0 aliphatic carbocycles. The normalized spacial score (nSPS) is 23.9. The molecule has 1 N–H and O–H groups in total. The highest BCUT2D eigenvalue weighted by Gasteiger charge is 2.48. The number of hydrogen-bond donors (Lipinski definition) is 1. The third kappa shape index (κ3) is 6.26. The number of ether oxygens (including phenoxy) is 3. The standard InChI is InChI=1S/C27H34O5/c28-27(29)13-6-1-2-7-16-30-22-12-8-9-20(17-22)18-23-24(26-15-14-25(23)32-26)19-31-21-10-4-3-5-11-21/h3-5,8-12,17,23-26H,1-2,6-7,13-16,18-19H2,(H,28,29)/t23-,24+,25-,26+/m1/s1. The number of rotatable bonds is 13. The van der Waals surface area contributed by atoms with Crippen molar-refractivity contribution >= 4 is 5.97 Å². The van der Waals surface area contributed by atoms with Crippen LogP contribution in [0, 0.1) is 11.8 Å². The quantitative estimate of drug-likeness (QED) is 0.418. The predicted octanol–water partition coefficient (Wildman–Crippen LogP) is 5.52. The van der Waals surface area contributed by atoms with E-state index >= 15 is 0 Å². The van der Waals surface area contributed by atoms with Crippen molar-refractivity contribution in [2.45, 2.75) is 63.6 Å². The van der Waals surface area contributed by atoms with E-state index in [1.54, 1.807) is 0 Å². The number of para-hydroxylation sites is 1. The summed E-state index contributed by atoms with van der Waals surface area (Å²) in [5, 5.41) is 8.69. The van der Waals surface area contributed by atoms with Gasteiger partial charge in [0, 0.05) is 12.3 Å². The van der Waals surface area contributed by atoms with Crippen molar-refractivity contribution in [3.63, 3.8) is 0 Å². The van der Waals surface area contributed by atoms with E-state index in [0.717, 1.165) is 56.4 Å². The van der Waals surface area contributed by atoms with E-state index in [0.29, 0.717) is 37.3 Å². The van der Waals surface area contributed by atoms with Gasteiger partial charge in [0.15, 0.2) is 0 Å². The number of carboxylic acid groups (broad SMARTS) is 1. The second kappa shape index (κ2) is 11.4. The summed E-state index contributed by atoms with van der Waals surface area (Å²) in [6, 6.07) is 18.5. The van der Waals surface area contributed by atoms with Gasteiger partial charge in [-0.25, -0.2) is 0 Å². The molecule has 4 rings (SSSR count). The largest absolute Gasteiger partial charge is 0.494 e. The lowest BCUT2D eigenvalue weighted by Crippen LogP contribution is -2.33. The molecule has 172 valence electrons. The Hall–Kier alpha value is -2.53. The molecule has 2 aliphatic rings. The average Bonchev–Trinajstić information content (AvgIpc) is 3.40. The zero-order chi connectivity index (χ0) is 22.2. The Balaban J connectivity index is 1.26. The smallest absolute Gasteiger partial charge is 0.303 e. The molecule has 0 unspecified atom stereocenters. The van der Waals surface area contributed by atoms with Gasteiger partial charge >= 0.3 is 5.97 Å². The lowest BCUT2D eigenvalue weighted by molar-refractivity contribution is -0.137. The van der Waals surface area contributed by atoms with Crippen molar-refractivity contribution in [3.8, 4) is 11.5 Å². The summed E-state index contributed by atoms with van der Waals surface area (Å²) in [7, 11) is 0. The van der Waals surface area contributed by atoms with E-state index in [-0.39, 0.29) is 6.42 Å². The highest BCUT2D eigenvalue weighted by Crippen LogP contribution is 2.45. The highest BCUT2D eigenvalue weighted by molar-refractivity contribution is 5.66. The monoisotopic (exact) mass is 438 g/mol. The fourth-order valence-electron chi connectivity index (χ4n) is 5.05. The maximum Gasteiger partial charge on any atom is 0.303 e. The number of hydrogen-bond acceptors (Lipinski definition) is 4. The summed E-state index contributed by atoms with van der Waals surface area (Å²) < 4.78 is 18.3. The summed E-state index contributed by atoms with van der Waals surface area (Å²) in [5.41, 5.74) is 1.29. The van der Waals surface area contributed by atoms with Crippen molar-refractivity contribution < 1.29 is 24.1 Å². The van der Waals surface area contributed by atoms with Crippen LogP contribution in [0.5, 0.6) is 11.5 Å². The summed E-state index contributed by atoms with van der Waals surface area (Å²) in [4.78, 5) is 10.6. The topological polar surface area (TPSA) is 65.0 Å². The minimum atomic E-state index is -0.715. The van der Waals surface area contributed by atoms with Gasteiger partial charge in [0.1, 0.15) is 11.5 Å². The van der Waals surface area contributed by atoms with Gasteiger partial charge in [-0.3, -0.25) is 4.79 Å². The molecule has 2 aromatic rings. The molecule has 2 fully saturated rings. The van der Waals surface area contributed by atoms with Crippen LogP contribution < -0.4 is 9.47 Å². The molecule has 0 radical (unpaired) electrons. The van der Waals surface area contributed by atoms with E-state index in [4.69, 9.17) is 19.3 Å². The SMILES string of the molecule is O=C(O)CCCCCCOc1cccc(C[C@@H]2[C@H](COc3ccccc3)[C@@H]3CC[C@H]2O3)c1. The number of aliphatic carboxylic acids is 1. The lowest BCUT2D eigenvalue weighted by Gasteiger charge is -2.28. The van der Waals surface area contributed by atoms with Crippen molar-refractivity contribution in [3.05, 3.63) is 60.2 Å². The van der Waals surface area contributed by atoms with Crippen LogP contribution in [0.1, 0.15) is 50.5 Å². The molecule has 32 heavy (non-hydrogen) atoms. The zero-order valence-electron chi connectivity index (χ0n) is 18.7. The van der Waals surface area contributed by atoms with E-state index in [1.165, 1.54) is 5.56 Å². The van der Waals surface area contributed by atoms with Crippen LogP contribution in [0.2, 0.25) is 0 Å². The van der Waals surface area contributed by atoms with Crippen LogP contribution in [-0.2, 0) is 16.0 Å². The molecule has 0 saturated carbocycles. The van der Waals surface area contributed by atoms with Crippen molar-refractivity contribution in [2.24, 2.45) is 11.8 Å². The van der Waals surface area contributed by atoms with E-state index in [9.17, 15) is 4.79 Å². The van der Waals surface area contributed by atoms with Crippen LogP contribution in [-0.4, -0.2) is 36.5 Å². The zero-order valence-corrected chi connectivity index (χ0v) is 18.7. The van der Waals surface area contributed by atoms with Gasteiger partial charge in [0.2, 0.25) is 0 Å². The number of carbonyl (C=O) groups is 1. The lowest BCUT2D eigenvalue weighted by atomic mass is 9.76. The molecule has 2 aromatic carbocycles. The molecular weight excluding hydrogens is 404 g/mol. The molecule has 5 nitrogen and oxygen atoms in total. The summed E-state index contributed by atoms with van der Waals surface area (Å²) >= 11 is 0. The van der Waals surface area contributed by atoms with Gasteiger partial charge in [0.25, 0.3) is 0 Å². The summed E-state index contributed by atoms with van der Waals surface area (Å²) in [6.07, 6.45) is 7.80. The number of unbranched alkanes of at least 4 members (excludes halogenated alkanes) is 3. The van der Waals surface area contributed by atoms with Gasteiger partial charge in [-0.05, 0) is 67.9 Å². The maximum absolute atomic E-state index is 10.6. The third-order valence-corrected chi connectivity index (χ3v) is 6.70. The molecule has 4 atom stereocenters. The first kappa shape index (κ1) is 22.7. The highest BCUT2D eigenvalue weighted by atomic mass is 16.5. The minimum absolute atomic E-state index is 0.257. The molecule has 2 saturated heterocycles. The van der Waals surface area contributed by atoms with Crippen LogP contribution in [0.4, 0.5) is 0 Å². The van der Waals surface area contributed by atoms with E-state index in [2.05, 4.69) is 18.2 Å². The van der Waals surface area contributed by atoms with Crippen LogP contribution in [0.25, 0.3) is 0 Å².